The molecule has 1 N–H and O–H groups in total. The quantitative estimate of drug-likeness (QED) is 0.393. The maximum atomic E-state index is 13.7. The first kappa shape index (κ1) is 28.0. The van der Waals surface area contributed by atoms with Crippen LogP contribution in [-0.4, -0.2) is 51.4 Å². The number of benzene rings is 3. The standard InChI is InChI=1S/C27H30ClN3O5S/c1-4-29-27(33)20(2)30(18-21-9-8-10-22(28)17-21)26(32)19-31(23-13-15-24(36-3)16-14-23)37(34,35)25-11-6-5-7-12-25/h5-17,20H,4,18-19H2,1-3H3,(H,29,33)/t20-/m1/s1. The summed E-state index contributed by atoms with van der Waals surface area (Å²) in [5.74, 6) is -0.353. The summed E-state index contributed by atoms with van der Waals surface area (Å²) >= 11 is 6.14. The van der Waals surface area contributed by atoms with E-state index in [9.17, 15) is 18.0 Å². The highest BCUT2D eigenvalue weighted by Crippen LogP contribution is 2.26. The molecule has 0 aliphatic heterocycles. The van der Waals surface area contributed by atoms with Gasteiger partial charge in [-0.05, 0) is 67.9 Å². The number of hydrogen-bond acceptors (Lipinski definition) is 5. The topological polar surface area (TPSA) is 96.0 Å². The maximum Gasteiger partial charge on any atom is 0.264 e. The molecule has 8 nitrogen and oxygen atoms in total. The van der Waals surface area contributed by atoms with E-state index in [1.807, 2.05) is 0 Å². The molecule has 3 aromatic carbocycles. The molecular weight excluding hydrogens is 514 g/mol. The number of hydrogen-bond donors (Lipinski definition) is 1. The van der Waals surface area contributed by atoms with E-state index in [0.717, 1.165) is 4.31 Å². The molecule has 2 amide bonds. The molecule has 0 saturated carbocycles. The number of halogens is 1. The molecule has 0 heterocycles. The lowest BCUT2D eigenvalue weighted by atomic mass is 10.1. The van der Waals surface area contributed by atoms with Gasteiger partial charge in [0.05, 0.1) is 17.7 Å². The lowest BCUT2D eigenvalue weighted by Crippen LogP contribution is -2.51. The Balaban J connectivity index is 2.02. The molecule has 0 fully saturated rings. The van der Waals surface area contributed by atoms with Crippen molar-refractivity contribution in [3.63, 3.8) is 0 Å². The van der Waals surface area contributed by atoms with Gasteiger partial charge >= 0.3 is 0 Å². The molecule has 0 radical (unpaired) electrons. The number of methoxy groups -OCH3 is 1. The predicted molar refractivity (Wildman–Crippen MR) is 144 cm³/mol. The van der Waals surface area contributed by atoms with E-state index >= 15 is 0 Å². The van der Waals surface area contributed by atoms with E-state index in [1.54, 1.807) is 80.6 Å². The summed E-state index contributed by atoms with van der Waals surface area (Å²) in [6.45, 7) is 3.33. The molecule has 0 aromatic heterocycles. The monoisotopic (exact) mass is 543 g/mol. The van der Waals surface area contributed by atoms with Gasteiger partial charge in [0.15, 0.2) is 0 Å². The van der Waals surface area contributed by atoms with Crippen molar-refractivity contribution in [2.45, 2.75) is 31.3 Å². The van der Waals surface area contributed by atoms with E-state index in [2.05, 4.69) is 5.32 Å². The summed E-state index contributed by atoms with van der Waals surface area (Å²) in [5.41, 5.74) is 0.991. The Hall–Kier alpha value is -3.56. The number of nitrogens with one attached hydrogen (secondary N) is 1. The second-order valence-corrected chi connectivity index (χ2v) is 10.5. The predicted octanol–water partition coefficient (Wildman–Crippen LogP) is 4.10. The third kappa shape index (κ3) is 7.02. The number of anilines is 1. The summed E-state index contributed by atoms with van der Waals surface area (Å²) in [5, 5.41) is 3.21. The zero-order valence-electron chi connectivity index (χ0n) is 20.9. The van der Waals surface area contributed by atoms with Gasteiger partial charge in [0.1, 0.15) is 18.3 Å². The molecule has 0 bridgehead atoms. The average molecular weight is 544 g/mol. The Labute approximate surface area is 222 Å². The van der Waals surface area contributed by atoms with Gasteiger partial charge in [-0.1, -0.05) is 41.9 Å². The largest absolute Gasteiger partial charge is 0.497 e. The molecule has 0 aliphatic carbocycles. The van der Waals surface area contributed by atoms with Gasteiger partial charge in [0.25, 0.3) is 10.0 Å². The molecule has 196 valence electrons. The first-order chi connectivity index (χ1) is 17.7. The highest BCUT2D eigenvalue weighted by molar-refractivity contribution is 7.92. The minimum Gasteiger partial charge on any atom is -0.497 e. The van der Waals surface area contributed by atoms with Crippen LogP contribution in [0.5, 0.6) is 5.75 Å². The highest BCUT2D eigenvalue weighted by atomic mass is 35.5. The van der Waals surface area contributed by atoms with Gasteiger partial charge in [-0.15, -0.1) is 0 Å². The molecule has 37 heavy (non-hydrogen) atoms. The minimum absolute atomic E-state index is 0.0387. The van der Waals surface area contributed by atoms with Gasteiger partial charge in [0, 0.05) is 18.1 Å². The molecule has 3 aromatic rings. The first-order valence-corrected chi connectivity index (χ1v) is 13.5. The summed E-state index contributed by atoms with van der Waals surface area (Å²) in [7, 11) is -2.61. The van der Waals surface area contributed by atoms with E-state index in [-0.39, 0.29) is 23.0 Å². The average Bonchev–Trinajstić information content (AvgIpc) is 2.90. The zero-order valence-corrected chi connectivity index (χ0v) is 22.5. The van der Waals surface area contributed by atoms with Crippen LogP contribution in [0.2, 0.25) is 5.02 Å². The fraction of sp³-hybridized carbons (Fsp3) is 0.259. The molecule has 0 spiro atoms. The van der Waals surface area contributed by atoms with Crippen LogP contribution in [0.25, 0.3) is 0 Å². The van der Waals surface area contributed by atoms with E-state index < -0.39 is 28.5 Å². The molecule has 0 aliphatic rings. The van der Waals surface area contributed by atoms with Gasteiger partial charge in [-0.2, -0.15) is 0 Å². The van der Waals surface area contributed by atoms with E-state index in [0.29, 0.717) is 22.9 Å². The Bertz CT molecular complexity index is 1320. The van der Waals surface area contributed by atoms with Crippen LogP contribution in [0.4, 0.5) is 5.69 Å². The van der Waals surface area contributed by atoms with Crippen molar-refractivity contribution in [1.29, 1.82) is 0 Å². The number of ether oxygens (including phenoxy) is 1. The van der Waals surface area contributed by atoms with Crippen LogP contribution >= 0.6 is 11.6 Å². The highest BCUT2D eigenvalue weighted by Gasteiger charge is 2.32. The van der Waals surface area contributed by atoms with Crippen molar-refractivity contribution in [2.24, 2.45) is 0 Å². The molecule has 10 heteroatoms. The summed E-state index contributed by atoms with van der Waals surface area (Å²) in [6.07, 6.45) is 0. The maximum absolute atomic E-state index is 13.7. The second kappa shape index (κ2) is 12.6. The number of carbonyl (C=O) groups is 2. The summed E-state index contributed by atoms with van der Waals surface area (Å²) in [4.78, 5) is 27.9. The smallest absolute Gasteiger partial charge is 0.264 e. The van der Waals surface area contributed by atoms with Gasteiger partial charge in [-0.3, -0.25) is 13.9 Å². The number of carbonyl (C=O) groups excluding carboxylic acids is 2. The lowest BCUT2D eigenvalue weighted by Gasteiger charge is -2.32. The molecule has 1 atom stereocenters. The van der Waals surface area contributed by atoms with Crippen LogP contribution in [0.15, 0.2) is 83.8 Å². The molecule has 3 rings (SSSR count). The number of rotatable bonds is 11. The van der Waals surface area contributed by atoms with Crippen LogP contribution in [0, 0.1) is 0 Å². The third-order valence-electron chi connectivity index (χ3n) is 5.73. The van der Waals surface area contributed by atoms with Gasteiger partial charge < -0.3 is 15.0 Å². The number of amides is 2. The number of likely N-dealkylation sites (N-methyl/N-ethyl adjacent to an activating group) is 1. The van der Waals surface area contributed by atoms with Crippen LogP contribution < -0.4 is 14.4 Å². The van der Waals surface area contributed by atoms with E-state index in [4.69, 9.17) is 16.3 Å². The summed E-state index contributed by atoms with van der Waals surface area (Å²) in [6, 6.07) is 20.4. The van der Waals surface area contributed by atoms with Crippen LogP contribution in [0.3, 0.4) is 0 Å². The Morgan fingerprint density at radius 3 is 2.27 bits per heavy atom. The minimum atomic E-state index is -4.11. The molecule has 0 saturated heterocycles. The second-order valence-electron chi connectivity index (χ2n) is 8.24. The zero-order chi connectivity index (χ0) is 27.0. The van der Waals surface area contributed by atoms with Crippen molar-refractivity contribution < 1.29 is 22.7 Å². The van der Waals surface area contributed by atoms with Crippen LogP contribution in [0.1, 0.15) is 19.4 Å². The Morgan fingerprint density at radius 1 is 1.00 bits per heavy atom. The number of nitrogens with zero attached hydrogens (tertiary/aromatic N) is 2. The van der Waals surface area contributed by atoms with Crippen molar-refractivity contribution >= 4 is 39.1 Å². The molecular formula is C27H30ClN3O5S. The third-order valence-corrected chi connectivity index (χ3v) is 7.75. The van der Waals surface area contributed by atoms with Gasteiger partial charge in [-0.25, -0.2) is 8.42 Å². The fourth-order valence-corrected chi connectivity index (χ4v) is 5.38. The van der Waals surface area contributed by atoms with Gasteiger partial charge in [0.2, 0.25) is 11.8 Å². The van der Waals surface area contributed by atoms with Crippen molar-refractivity contribution in [3.8, 4) is 5.75 Å². The normalized spacial score (nSPS) is 11.9. The Morgan fingerprint density at radius 2 is 1.68 bits per heavy atom. The van der Waals surface area contributed by atoms with E-state index in [1.165, 1.54) is 24.1 Å². The fourth-order valence-electron chi connectivity index (χ4n) is 3.73. The lowest BCUT2D eigenvalue weighted by molar-refractivity contribution is -0.139. The molecule has 0 unspecified atom stereocenters. The number of sulfonamides is 1. The van der Waals surface area contributed by atoms with Crippen molar-refractivity contribution in [1.82, 2.24) is 10.2 Å². The van der Waals surface area contributed by atoms with Crippen LogP contribution in [-0.2, 0) is 26.2 Å². The SMILES string of the molecule is CCNC(=O)[C@@H](C)N(Cc1cccc(Cl)c1)C(=O)CN(c1ccc(OC)cc1)S(=O)(=O)c1ccccc1. The first-order valence-electron chi connectivity index (χ1n) is 11.7. The van der Waals surface area contributed by atoms with Crippen molar-refractivity contribution in [2.75, 3.05) is 24.5 Å². The summed E-state index contributed by atoms with van der Waals surface area (Å²) < 4.78 is 33.6. The Kier molecular flexibility index (Phi) is 9.54. The van der Waals surface area contributed by atoms with Crippen molar-refractivity contribution in [3.05, 3.63) is 89.4 Å².